The second-order valence-corrected chi connectivity index (χ2v) is 7.73. The molecule has 0 spiro atoms. The van der Waals surface area contributed by atoms with Crippen LogP contribution in [0, 0.1) is 12.3 Å². The lowest BCUT2D eigenvalue weighted by Crippen LogP contribution is -2.58. The van der Waals surface area contributed by atoms with E-state index in [-0.39, 0.29) is 5.75 Å². The van der Waals surface area contributed by atoms with Gasteiger partial charge in [-0.25, -0.2) is 4.79 Å². The van der Waals surface area contributed by atoms with Gasteiger partial charge in [-0.15, -0.1) is 6.42 Å². The Kier molecular flexibility index (Phi) is 7.18. The first kappa shape index (κ1) is 22.9. The summed E-state index contributed by atoms with van der Waals surface area (Å²) in [4.78, 5) is 26.0. The van der Waals surface area contributed by atoms with Gasteiger partial charge in [0.2, 0.25) is 0 Å². The van der Waals surface area contributed by atoms with Gasteiger partial charge in [0.15, 0.2) is 5.54 Å². The average Bonchev–Trinajstić information content (AvgIpc) is 2.82. The number of carbonyl (C=O) groups excluding carboxylic acids is 2. The second kappa shape index (κ2) is 10.0. The van der Waals surface area contributed by atoms with E-state index >= 15 is 0 Å². The van der Waals surface area contributed by atoms with Gasteiger partial charge in [-0.3, -0.25) is 4.79 Å². The third-order valence-corrected chi connectivity index (χ3v) is 5.75. The maximum absolute atomic E-state index is 13.5. The number of amides is 1. The molecule has 0 saturated carbocycles. The van der Waals surface area contributed by atoms with Crippen LogP contribution in [0.3, 0.4) is 0 Å². The highest BCUT2D eigenvalue weighted by molar-refractivity contribution is 9.10. The number of rotatable bonds is 7. The van der Waals surface area contributed by atoms with Crippen LogP contribution in [-0.4, -0.2) is 24.1 Å². The Hall–Kier alpha value is -3.76. The van der Waals surface area contributed by atoms with Crippen LogP contribution in [-0.2, 0) is 19.9 Å². The van der Waals surface area contributed by atoms with Crippen LogP contribution in [0.5, 0.6) is 5.75 Å². The number of benzene rings is 3. The molecular weight excluding hydrogens is 472 g/mol. The minimum absolute atomic E-state index is 0.0281. The number of aromatic hydroxyl groups is 1. The van der Waals surface area contributed by atoms with E-state index in [1.807, 2.05) is 18.1 Å². The number of phenols is 1. The molecule has 2 atom stereocenters. The van der Waals surface area contributed by atoms with Crippen molar-refractivity contribution in [2.45, 2.75) is 11.6 Å². The predicted octanol–water partition coefficient (Wildman–Crippen LogP) is 4.13. The predicted molar refractivity (Wildman–Crippen MR) is 126 cm³/mol. The Balaban J connectivity index is 2.35. The summed E-state index contributed by atoms with van der Waals surface area (Å²) in [6.45, 7) is 0. The Morgan fingerprint density at radius 1 is 1.03 bits per heavy atom. The molecule has 6 nitrogen and oxygen atoms in total. The van der Waals surface area contributed by atoms with Crippen LogP contribution in [0.15, 0.2) is 83.3 Å². The number of esters is 1. The van der Waals surface area contributed by atoms with E-state index in [2.05, 4.69) is 26.6 Å². The number of para-hydroxylation sites is 2. The summed E-state index contributed by atoms with van der Waals surface area (Å²) >= 11 is 3.54. The van der Waals surface area contributed by atoms with Crippen molar-refractivity contribution in [2.75, 3.05) is 12.4 Å². The molecule has 7 heteroatoms. The molecule has 3 aromatic rings. The van der Waals surface area contributed by atoms with Crippen LogP contribution < -0.4 is 10.6 Å². The van der Waals surface area contributed by atoms with E-state index < -0.39 is 23.5 Å². The summed E-state index contributed by atoms with van der Waals surface area (Å²) in [6, 6.07) is 21.6. The van der Waals surface area contributed by atoms with Gasteiger partial charge in [-0.2, -0.15) is 0 Å². The van der Waals surface area contributed by atoms with Crippen molar-refractivity contribution in [1.82, 2.24) is 5.32 Å². The third-order valence-electron chi connectivity index (χ3n) is 5.03. The molecule has 0 aliphatic carbocycles. The molecule has 162 valence electrons. The first-order valence-electron chi connectivity index (χ1n) is 9.65. The molecule has 0 aromatic heterocycles. The highest BCUT2D eigenvalue weighted by Crippen LogP contribution is 2.42. The summed E-state index contributed by atoms with van der Waals surface area (Å²) in [7, 11) is 1.24. The van der Waals surface area contributed by atoms with E-state index in [0.29, 0.717) is 21.3 Å². The lowest BCUT2D eigenvalue weighted by Gasteiger charge is -2.40. The number of methoxy groups -OCH3 is 1. The van der Waals surface area contributed by atoms with E-state index in [9.17, 15) is 14.7 Å². The zero-order chi connectivity index (χ0) is 23.1. The second-order valence-electron chi connectivity index (χ2n) is 6.88. The van der Waals surface area contributed by atoms with Crippen molar-refractivity contribution in [3.63, 3.8) is 0 Å². The highest BCUT2D eigenvalue weighted by atomic mass is 79.9. The molecule has 0 heterocycles. The molecule has 0 aliphatic rings. The van der Waals surface area contributed by atoms with E-state index in [1.165, 1.54) is 13.2 Å². The standard InChI is InChI=1S/C25H21BrN2O4/c1-3-22(30)28-25(24(31)32-2,17-11-5-4-6-12-17)23(18-13-7-8-14-19(18)26)27-20-15-9-10-16-21(20)29/h1,4-16,23,27,29H,2H3,(H,28,30)/t23-,25-/m0/s1. The van der Waals surface area contributed by atoms with Gasteiger partial charge in [0.25, 0.3) is 5.91 Å². The number of hydrogen-bond donors (Lipinski definition) is 3. The van der Waals surface area contributed by atoms with Crippen LogP contribution in [0.2, 0.25) is 0 Å². The summed E-state index contributed by atoms with van der Waals surface area (Å²) in [5.41, 5.74) is -0.347. The minimum Gasteiger partial charge on any atom is -0.506 e. The highest BCUT2D eigenvalue weighted by Gasteiger charge is 2.51. The molecule has 0 bridgehead atoms. The number of carbonyl (C=O) groups is 2. The zero-order valence-electron chi connectivity index (χ0n) is 17.2. The van der Waals surface area contributed by atoms with Crippen LogP contribution in [0.4, 0.5) is 5.69 Å². The summed E-state index contributed by atoms with van der Waals surface area (Å²) in [5.74, 6) is 0.455. The molecule has 0 unspecified atom stereocenters. The number of ether oxygens (including phenoxy) is 1. The maximum Gasteiger partial charge on any atom is 0.338 e. The SMILES string of the molecule is C#CC(=O)N[C@@](C(=O)OC)(c1ccccc1)[C@@H](Nc1ccccc1O)c1ccccc1Br. The molecule has 3 N–H and O–H groups in total. The number of anilines is 1. The van der Waals surface area contributed by atoms with E-state index in [1.54, 1.807) is 60.7 Å². The Morgan fingerprint density at radius 2 is 1.66 bits per heavy atom. The molecule has 0 aliphatic heterocycles. The number of halogens is 1. The third kappa shape index (κ3) is 4.46. The molecular formula is C25H21BrN2O4. The number of nitrogens with one attached hydrogen (secondary N) is 2. The minimum atomic E-state index is -1.77. The van der Waals surface area contributed by atoms with Gasteiger partial charge in [0, 0.05) is 4.47 Å². The molecule has 3 aromatic carbocycles. The van der Waals surface area contributed by atoms with Crippen molar-refractivity contribution >= 4 is 33.5 Å². The first-order chi connectivity index (χ1) is 15.4. The summed E-state index contributed by atoms with van der Waals surface area (Å²) in [6.07, 6.45) is 5.36. The summed E-state index contributed by atoms with van der Waals surface area (Å²) < 4.78 is 5.86. The topological polar surface area (TPSA) is 87.7 Å². The van der Waals surface area contributed by atoms with Crippen LogP contribution in [0.25, 0.3) is 0 Å². The zero-order valence-corrected chi connectivity index (χ0v) is 18.8. The van der Waals surface area contributed by atoms with E-state index in [0.717, 1.165) is 0 Å². The van der Waals surface area contributed by atoms with Gasteiger partial charge in [0.1, 0.15) is 5.75 Å². The van der Waals surface area contributed by atoms with Gasteiger partial charge >= 0.3 is 5.97 Å². The van der Waals surface area contributed by atoms with Crippen molar-refractivity contribution in [2.24, 2.45) is 0 Å². The number of hydrogen-bond acceptors (Lipinski definition) is 5. The van der Waals surface area contributed by atoms with Crippen molar-refractivity contribution in [1.29, 1.82) is 0 Å². The molecule has 3 rings (SSSR count). The summed E-state index contributed by atoms with van der Waals surface area (Å²) in [5, 5.41) is 16.3. The van der Waals surface area contributed by atoms with E-state index in [4.69, 9.17) is 11.2 Å². The smallest absolute Gasteiger partial charge is 0.338 e. The fourth-order valence-corrected chi connectivity index (χ4v) is 4.07. The molecule has 32 heavy (non-hydrogen) atoms. The lowest BCUT2D eigenvalue weighted by atomic mass is 9.78. The van der Waals surface area contributed by atoms with Gasteiger partial charge < -0.3 is 20.5 Å². The Bertz CT molecular complexity index is 1160. The molecule has 0 radical (unpaired) electrons. The van der Waals surface area contributed by atoms with Crippen LogP contribution in [0.1, 0.15) is 17.2 Å². The largest absolute Gasteiger partial charge is 0.506 e. The van der Waals surface area contributed by atoms with Crippen molar-refractivity contribution in [3.05, 3.63) is 94.5 Å². The fourth-order valence-electron chi connectivity index (χ4n) is 3.55. The molecule has 0 fully saturated rings. The first-order valence-corrected chi connectivity index (χ1v) is 10.4. The molecule has 1 amide bonds. The normalized spacial score (nSPS) is 13.2. The maximum atomic E-state index is 13.5. The number of phenolic OH excluding ortho intramolecular Hbond substituents is 1. The lowest BCUT2D eigenvalue weighted by molar-refractivity contribution is -0.152. The quantitative estimate of drug-likeness (QED) is 0.262. The monoisotopic (exact) mass is 492 g/mol. The van der Waals surface area contributed by atoms with Gasteiger partial charge in [-0.05, 0) is 35.2 Å². The van der Waals surface area contributed by atoms with Gasteiger partial charge in [0.05, 0.1) is 18.8 Å². The van der Waals surface area contributed by atoms with Crippen molar-refractivity contribution in [3.8, 4) is 18.1 Å². The molecule has 0 saturated heterocycles. The van der Waals surface area contributed by atoms with Crippen molar-refractivity contribution < 1.29 is 19.4 Å². The Morgan fingerprint density at radius 3 is 2.28 bits per heavy atom. The average molecular weight is 493 g/mol. The fraction of sp³-hybridized carbons (Fsp3) is 0.120. The van der Waals surface area contributed by atoms with Crippen LogP contribution >= 0.6 is 15.9 Å². The number of terminal acetylenes is 1. The van der Waals surface area contributed by atoms with Gasteiger partial charge in [-0.1, -0.05) is 76.6 Å². The Labute approximate surface area is 194 Å².